The second-order valence-corrected chi connectivity index (χ2v) is 12.9. The van der Waals surface area contributed by atoms with Gasteiger partial charge in [-0.05, 0) is 78.3 Å². The first-order valence-electron chi connectivity index (χ1n) is 12.5. The molecule has 2 N–H and O–H groups in total. The van der Waals surface area contributed by atoms with E-state index in [-0.39, 0.29) is 21.7 Å². The van der Waals surface area contributed by atoms with Crippen LogP contribution in [0.5, 0.6) is 0 Å². The first-order valence-corrected chi connectivity index (χ1v) is 14.0. The van der Waals surface area contributed by atoms with E-state index in [1.165, 1.54) is 6.07 Å². The summed E-state index contributed by atoms with van der Waals surface area (Å²) in [5.41, 5.74) is -0.213. The Morgan fingerprint density at radius 1 is 1.24 bits per heavy atom. The van der Waals surface area contributed by atoms with E-state index in [0.29, 0.717) is 37.4 Å². The topological polar surface area (TPSA) is 117 Å². The van der Waals surface area contributed by atoms with Gasteiger partial charge in [-0.2, -0.15) is 8.42 Å². The van der Waals surface area contributed by atoms with Gasteiger partial charge in [0, 0.05) is 31.4 Å². The number of nitrogens with one attached hydrogen (secondary N) is 2. The number of carbonyl (C=O) groups excluding carboxylic acids is 1. The Balaban J connectivity index is 1.67. The number of aromatic nitrogens is 2. The number of likely N-dealkylation sites (N-methyl/N-ethyl adjacent to an activating group) is 1. The van der Waals surface area contributed by atoms with Gasteiger partial charge in [0.1, 0.15) is 11.6 Å². The number of amides is 1. The van der Waals surface area contributed by atoms with Gasteiger partial charge in [-0.15, -0.1) is 0 Å². The number of anilines is 2. The third-order valence-electron chi connectivity index (χ3n) is 6.10. The molecule has 0 radical (unpaired) electrons. The van der Waals surface area contributed by atoms with Crippen molar-refractivity contribution in [3.8, 4) is 0 Å². The number of hydrogen-bond donors (Lipinski definition) is 2. The minimum atomic E-state index is -4.20. The first kappa shape index (κ1) is 28.8. The maximum atomic E-state index is 13.1. The van der Waals surface area contributed by atoms with Crippen molar-refractivity contribution in [2.75, 3.05) is 43.6 Å². The standard InChI is InChI=1S/C26H40N6O4S/c1-19-16-26(5,6)32(17-19)23-20(10-9-13-28-23)24(33)30-37(34,35)22-12-8-11-21(29-22)27-14-15-31(7)18-36-25(2,3)4/h8-13,19H,14-18H2,1-7H3,(H,27,29)(H,30,33). The fourth-order valence-corrected chi connectivity index (χ4v) is 5.32. The van der Waals surface area contributed by atoms with Gasteiger partial charge in [0.05, 0.1) is 17.9 Å². The predicted molar refractivity (Wildman–Crippen MR) is 145 cm³/mol. The van der Waals surface area contributed by atoms with Crippen molar-refractivity contribution in [1.29, 1.82) is 0 Å². The average Bonchev–Trinajstić information content (AvgIpc) is 3.08. The number of pyridine rings is 2. The second kappa shape index (κ2) is 11.3. The zero-order valence-electron chi connectivity index (χ0n) is 22.9. The lowest BCUT2D eigenvalue weighted by Crippen LogP contribution is -2.41. The van der Waals surface area contributed by atoms with E-state index in [9.17, 15) is 13.2 Å². The molecular weight excluding hydrogens is 492 g/mol. The molecule has 2 aromatic heterocycles. The van der Waals surface area contributed by atoms with Crippen LogP contribution in [0.15, 0.2) is 41.6 Å². The van der Waals surface area contributed by atoms with Gasteiger partial charge in [-0.25, -0.2) is 14.7 Å². The Kier molecular flexibility index (Phi) is 8.81. The van der Waals surface area contributed by atoms with Crippen LogP contribution in [0.3, 0.4) is 0 Å². The summed E-state index contributed by atoms with van der Waals surface area (Å²) in [7, 11) is -2.27. The summed E-state index contributed by atoms with van der Waals surface area (Å²) in [6.07, 6.45) is 2.56. The van der Waals surface area contributed by atoms with Gasteiger partial charge in [-0.1, -0.05) is 13.0 Å². The minimum absolute atomic E-state index is 0.198. The van der Waals surface area contributed by atoms with Crippen LogP contribution in [0, 0.1) is 5.92 Å². The van der Waals surface area contributed by atoms with Crippen LogP contribution in [0.4, 0.5) is 11.6 Å². The van der Waals surface area contributed by atoms with Gasteiger partial charge >= 0.3 is 0 Å². The van der Waals surface area contributed by atoms with Gasteiger partial charge < -0.3 is 15.0 Å². The van der Waals surface area contributed by atoms with Crippen LogP contribution in [-0.4, -0.2) is 73.7 Å². The molecule has 1 aliphatic rings. The van der Waals surface area contributed by atoms with Crippen molar-refractivity contribution in [1.82, 2.24) is 19.6 Å². The molecule has 11 heteroatoms. The Labute approximate surface area is 220 Å². The highest BCUT2D eigenvalue weighted by Crippen LogP contribution is 2.37. The smallest absolute Gasteiger partial charge is 0.281 e. The summed E-state index contributed by atoms with van der Waals surface area (Å²) in [5.74, 6) is 0.573. The molecule has 1 unspecified atom stereocenters. The summed E-state index contributed by atoms with van der Waals surface area (Å²) in [6.45, 7) is 14.8. The van der Waals surface area contributed by atoms with Crippen molar-refractivity contribution in [2.45, 2.75) is 64.1 Å². The fraction of sp³-hybridized carbons (Fsp3) is 0.577. The number of hydrogen-bond acceptors (Lipinski definition) is 9. The van der Waals surface area contributed by atoms with Crippen molar-refractivity contribution in [2.24, 2.45) is 5.92 Å². The Hall–Kier alpha value is -2.76. The number of sulfonamides is 1. The molecule has 0 bridgehead atoms. The number of ether oxygens (including phenoxy) is 1. The van der Waals surface area contributed by atoms with Crippen molar-refractivity contribution in [3.05, 3.63) is 42.1 Å². The molecule has 1 fully saturated rings. The van der Waals surface area contributed by atoms with Crippen LogP contribution in [0.2, 0.25) is 0 Å². The molecule has 2 aromatic rings. The van der Waals surface area contributed by atoms with Gasteiger partial charge in [0.2, 0.25) is 0 Å². The monoisotopic (exact) mass is 532 g/mol. The highest BCUT2D eigenvalue weighted by molar-refractivity contribution is 7.90. The lowest BCUT2D eigenvalue weighted by atomic mass is 9.97. The van der Waals surface area contributed by atoms with E-state index in [4.69, 9.17) is 4.74 Å². The van der Waals surface area contributed by atoms with E-state index in [1.807, 2.05) is 32.7 Å². The summed E-state index contributed by atoms with van der Waals surface area (Å²) < 4.78 is 34.0. The normalized spacial score (nSPS) is 17.7. The van der Waals surface area contributed by atoms with Crippen LogP contribution in [0.25, 0.3) is 0 Å². The summed E-state index contributed by atoms with van der Waals surface area (Å²) in [6, 6.07) is 7.85. The maximum absolute atomic E-state index is 13.1. The van der Waals surface area contributed by atoms with Gasteiger partial charge in [-0.3, -0.25) is 9.69 Å². The molecule has 0 spiro atoms. The van der Waals surface area contributed by atoms with Crippen molar-refractivity contribution >= 4 is 27.6 Å². The Bertz CT molecular complexity index is 1200. The Morgan fingerprint density at radius 2 is 1.97 bits per heavy atom. The fourth-order valence-electron chi connectivity index (χ4n) is 4.38. The zero-order chi connectivity index (χ0) is 27.4. The SMILES string of the molecule is CC1CN(c2ncccc2C(=O)NS(=O)(=O)c2cccc(NCCN(C)COC(C)(C)C)n2)C(C)(C)C1. The quantitative estimate of drug-likeness (QED) is 0.444. The molecule has 1 aliphatic heterocycles. The summed E-state index contributed by atoms with van der Waals surface area (Å²) >= 11 is 0. The van der Waals surface area contributed by atoms with Crippen LogP contribution in [0.1, 0.15) is 58.3 Å². The first-order chi connectivity index (χ1) is 17.2. The third-order valence-corrected chi connectivity index (χ3v) is 7.34. The lowest BCUT2D eigenvalue weighted by molar-refractivity contribution is -0.0547. The summed E-state index contributed by atoms with van der Waals surface area (Å²) in [5, 5.41) is 2.89. The molecule has 10 nitrogen and oxygen atoms in total. The molecule has 1 amide bonds. The molecule has 37 heavy (non-hydrogen) atoms. The second-order valence-electron chi connectivity index (χ2n) is 11.3. The minimum Gasteiger partial charge on any atom is -0.369 e. The molecule has 3 rings (SSSR count). The van der Waals surface area contributed by atoms with Crippen molar-refractivity contribution in [3.63, 3.8) is 0 Å². The molecular formula is C26H40N6O4S. The van der Waals surface area contributed by atoms with Crippen LogP contribution >= 0.6 is 0 Å². The molecule has 0 aromatic carbocycles. The number of carbonyl (C=O) groups is 1. The summed E-state index contributed by atoms with van der Waals surface area (Å²) in [4.78, 5) is 25.9. The largest absolute Gasteiger partial charge is 0.369 e. The van der Waals surface area contributed by atoms with E-state index >= 15 is 0 Å². The lowest BCUT2D eigenvalue weighted by Gasteiger charge is -2.33. The van der Waals surface area contributed by atoms with Gasteiger partial charge in [0.25, 0.3) is 15.9 Å². The molecule has 1 saturated heterocycles. The molecule has 3 heterocycles. The van der Waals surface area contributed by atoms with E-state index < -0.39 is 15.9 Å². The highest BCUT2D eigenvalue weighted by atomic mass is 32.2. The van der Waals surface area contributed by atoms with Crippen LogP contribution < -0.4 is 14.9 Å². The van der Waals surface area contributed by atoms with Crippen LogP contribution in [-0.2, 0) is 14.8 Å². The van der Waals surface area contributed by atoms with E-state index in [0.717, 1.165) is 13.0 Å². The van der Waals surface area contributed by atoms with E-state index in [2.05, 4.69) is 45.7 Å². The molecule has 204 valence electrons. The molecule has 0 saturated carbocycles. The van der Waals surface area contributed by atoms with E-state index in [1.54, 1.807) is 30.5 Å². The van der Waals surface area contributed by atoms with Crippen molar-refractivity contribution < 1.29 is 17.9 Å². The molecule has 0 aliphatic carbocycles. The average molecular weight is 533 g/mol. The number of rotatable bonds is 10. The third kappa shape index (κ3) is 7.86. The zero-order valence-corrected chi connectivity index (χ0v) is 23.7. The Morgan fingerprint density at radius 3 is 2.62 bits per heavy atom. The molecule has 1 atom stereocenters. The maximum Gasteiger partial charge on any atom is 0.281 e. The number of nitrogens with zero attached hydrogens (tertiary/aromatic N) is 4. The highest BCUT2D eigenvalue weighted by Gasteiger charge is 2.39. The van der Waals surface area contributed by atoms with Gasteiger partial charge in [0.15, 0.2) is 5.03 Å². The predicted octanol–water partition coefficient (Wildman–Crippen LogP) is 3.34.